The molecule has 0 heterocycles. The third kappa shape index (κ3) is 4.46. The van der Waals surface area contributed by atoms with E-state index in [1.165, 1.54) is 0 Å². The van der Waals surface area contributed by atoms with Gasteiger partial charge in [0.2, 0.25) is 0 Å². The van der Waals surface area contributed by atoms with Crippen LogP contribution in [0.1, 0.15) is 40.5 Å². The average molecular weight is 130 g/mol. The molecule has 1 nitrogen and oxygen atoms in total. The average Bonchev–Trinajstić information content (AvgIpc) is 1.87. The summed E-state index contributed by atoms with van der Waals surface area (Å²) in [5.74, 6) is 0. The fraction of sp³-hybridized carbons (Fsp3) is 1.00. The summed E-state index contributed by atoms with van der Waals surface area (Å²) in [5.41, 5.74) is 0. The van der Waals surface area contributed by atoms with Crippen molar-refractivity contribution in [3.8, 4) is 0 Å². The fourth-order valence-electron chi connectivity index (χ4n) is 0.589. The summed E-state index contributed by atoms with van der Waals surface area (Å²) < 4.78 is 5.55. The normalized spacial score (nSPS) is 17.3. The van der Waals surface area contributed by atoms with Crippen LogP contribution >= 0.6 is 0 Å². The first-order valence-electron chi connectivity index (χ1n) is 3.86. The van der Waals surface area contributed by atoms with Gasteiger partial charge in [0, 0.05) is 0 Å². The van der Waals surface area contributed by atoms with Gasteiger partial charge in [0.15, 0.2) is 0 Å². The Kier molecular flexibility index (Phi) is 4.78. The molecule has 0 saturated carbocycles. The molecule has 0 aromatic heterocycles. The van der Waals surface area contributed by atoms with E-state index in [0.29, 0.717) is 12.2 Å². The first kappa shape index (κ1) is 8.96. The maximum atomic E-state index is 5.55. The Labute approximate surface area is 58.4 Å². The van der Waals surface area contributed by atoms with Crippen molar-refractivity contribution in [3.63, 3.8) is 0 Å². The summed E-state index contributed by atoms with van der Waals surface area (Å²) in [7, 11) is 0. The molecule has 0 saturated heterocycles. The molecule has 0 amide bonds. The quantitative estimate of drug-likeness (QED) is 0.568. The third-order valence-corrected chi connectivity index (χ3v) is 1.61. The second kappa shape index (κ2) is 4.80. The van der Waals surface area contributed by atoms with Gasteiger partial charge in [-0.3, -0.25) is 0 Å². The fourth-order valence-corrected chi connectivity index (χ4v) is 0.589. The molecule has 0 radical (unpaired) electrons. The van der Waals surface area contributed by atoms with Crippen LogP contribution in [0.4, 0.5) is 0 Å². The zero-order valence-electron chi connectivity index (χ0n) is 6.98. The first-order chi connectivity index (χ1) is 4.20. The van der Waals surface area contributed by atoms with Crippen molar-refractivity contribution in [1.29, 1.82) is 0 Å². The molecule has 0 bridgehead atoms. The van der Waals surface area contributed by atoms with Gasteiger partial charge in [-0.2, -0.15) is 0 Å². The molecule has 2 unspecified atom stereocenters. The Bertz CT molecular complexity index is 53.6. The summed E-state index contributed by atoms with van der Waals surface area (Å²) >= 11 is 0. The van der Waals surface area contributed by atoms with Crippen LogP contribution in [0.3, 0.4) is 0 Å². The van der Waals surface area contributed by atoms with Crippen LogP contribution in [0, 0.1) is 0 Å². The monoisotopic (exact) mass is 130 g/mol. The molecule has 0 fully saturated rings. The van der Waals surface area contributed by atoms with Gasteiger partial charge in [0.25, 0.3) is 0 Å². The number of hydrogen-bond acceptors (Lipinski definition) is 1. The molecule has 0 rings (SSSR count). The molecule has 0 aliphatic rings. The van der Waals surface area contributed by atoms with E-state index >= 15 is 0 Å². The van der Waals surface area contributed by atoms with Crippen molar-refractivity contribution in [3.05, 3.63) is 0 Å². The van der Waals surface area contributed by atoms with Gasteiger partial charge in [0.05, 0.1) is 12.2 Å². The summed E-state index contributed by atoms with van der Waals surface area (Å²) in [6.45, 7) is 8.53. The highest BCUT2D eigenvalue weighted by Crippen LogP contribution is 2.03. The minimum atomic E-state index is 0.431. The predicted octanol–water partition coefficient (Wildman–Crippen LogP) is 2.60. The largest absolute Gasteiger partial charge is 0.376 e. The smallest absolute Gasteiger partial charge is 0.0548 e. The van der Waals surface area contributed by atoms with Crippen LogP contribution in [0.15, 0.2) is 0 Å². The molecule has 56 valence electrons. The van der Waals surface area contributed by atoms with Crippen molar-refractivity contribution >= 4 is 0 Å². The molecule has 2 atom stereocenters. The van der Waals surface area contributed by atoms with E-state index in [2.05, 4.69) is 27.7 Å². The van der Waals surface area contributed by atoms with Crippen LogP contribution in [-0.4, -0.2) is 12.2 Å². The SMILES string of the molecule is CCC(C)OC(C)CC. The van der Waals surface area contributed by atoms with E-state index in [9.17, 15) is 0 Å². The van der Waals surface area contributed by atoms with E-state index in [1.807, 2.05) is 0 Å². The molecular formula is C8H18O. The molecule has 0 aromatic carbocycles. The van der Waals surface area contributed by atoms with Gasteiger partial charge >= 0.3 is 0 Å². The molecule has 1 heteroatoms. The van der Waals surface area contributed by atoms with Gasteiger partial charge in [0.1, 0.15) is 0 Å². The van der Waals surface area contributed by atoms with Gasteiger partial charge in [-0.1, -0.05) is 13.8 Å². The van der Waals surface area contributed by atoms with Gasteiger partial charge in [-0.05, 0) is 26.7 Å². The van der Waals surface area contributed by atoms with E-state index in [4.69, 9.17) is 4.74 Å². The topological polar surface area (TPSA) is 9.23 Å². The lowest BCUT2D eigenvalue weighted by atomic mass is 10.3. The van der Waals surface area contributed by atoms with Crippen molar-refractivity contribution in [1.82, 2.24) is 0 Å². The van der Waals surface area contributed by atoms with Crippen LogP contribution < -0.4 is 0 Å². The predicted molar refractivity (Wildman–Crippen MR) is 40.6 cm³/mol. The van der Waals surface area contributed by atoms with Gasteiger partial charge in [-0.15, -0.1) is 0 Å². The van der Waals surface area contributed by atoms with Gasteiger partial charge in [-0.25, -0.2) is 0 Å². The number of hydrogen-bond donors (Lipinski definition) is 0. The molecule has 0 aliphatic heterocycles. The Morgan fingerprint density at radius 1 is 1.00 bits per heavy atom. The molecule has 0 aliphatic carbocycles. The Morgan fingerprint density at radius 3 is 1.56 bits per heavy atom. The van der Waals surface area contributed by atoms with Crippen molar-refractivity contribution in [2.45, 2.75) is 52.7 Å². The van der Waals surface area contributed by atoms with Crippen molar-refractivity contribution in [2.75, 3.05) is 0 Å². The third-order valence-electron chi connectivity index (χ3n) is 1.61. The Balaban J connectivity index is 3.22. The highest BCUT2D eigenvalue weighted by atomic mass is 16.5. The minimum absolute atomic E-state index is 0.431. The van der Waals surface area contributed by atoms with Crippen LogP contribution in [0.25, 0.3) is 0 Å². The van der Waals surface area contributed by atoms with Crippen molar-refractivity contribution in [2.24, 2.45) is 0 Å². The molecule has 0 aromatic rings. The molecule has 0 spiro atoms. The zero-order valence-corrected chi connectivity index (χ0v) is 6.98. The van der Waals surface area contributed by atoms with Crippen LogP contribution in [0.2, 0.25) is 0 Å². The zero-order chi connectivity index (χ0) is 7.28. The van der Waals surface area contributed by atoms with Gasteiger partial charge < -0.3 is 4.74 Å². The van der Waals surface area contributed by atoms with Crippen LogP contribution in [-0.2, 0) is 4.74 Å². The Hall–Kier alpha value is -0.0400. The molecular weight excluding hydrogens is 112 g/mol. The van der Waals surface area contributed by atoms with Crippen LogP contribution in [0.5, 0.6) is 0 Å². The first-order valence-corrected chi connectivity index (χ1v) is 3.86. The van der Waals surface area contributed by atoms with Crippen molar-refractivity contribution < 1.29 is 4.74 Å². The summed E-state index contributed by atoms with van der Waals surface area (Å²) in [6.07, 6.45) is 3.09. The maximum Gasteiger partial charge on any atom is 0.0548 e. The molecule has 0 N–H and O–H groups in total. The maximum absolute atomic E-state index is 5.55. The lowest BCUT2D eigenvalue weighted by Crippen LogP contribution is -2.14. The number of ether oxygens (including phenoxy) is 1. The van der Waals surface area contributed by atoms with E-state index in [-0.39, 0.29) is 0 Å². The second-order valence-electron chi connectivity index (χ2n) is 2.57. The summed E-state index contributed by atoms with van der Waals surface area (Å²) in [5, 5.41) is 0. The van der Waals surface area contributed by atoms with E-state index < -0.39 is 0 Å². The summed E-state index contributed by atoms with van der Waals surface area (Å²) in [4.78, 5) is 0. The van der Waals surface area contributed by atoms with E-state index in [0.717, 1.165) is 12.8 Å². The Morgan fingerprint density at radius 2 is 1.33 bits per heavy atom. The molecule has 9 heavy (non-hydrogen) atoms. The highest BCUT2D eigenvalue weighted by Gasteiger charge is 2.02. The highest BCUT2D eigenvalue weighted by molar-refractivity contribution is 4.50. The lowest BCUT2D eigenvalue weighted by molar-refractivity contribution is 0.00511. The summed E-state index contributed by atoms with van der Waals surface area (Å²) in [6, 6.07) is 0. The second-order valence-corrected chi connectivity index (χ2v) is 2.57. The van der Waals surface area contributed by atoms with E-state index in [1.54, 1.807) is 0 Å². The minimum Gasteiger partial charge on any atom is -0.376 e. The standard InChI is InChI=1S/C8H18O/c1-5-7(3)9-8(4)6-2/h7-8H,5-6H2,1-4H3. The number of rotatable bonds is 4. The lowest BCUT2D eigenvalue weighted by Gasteiger charge is -2.15.